The van der Waals surface area contributed by atoms with Crippen molar-refractivity contribution in [3.63, 3.8) is 0 Å². The first-order valence-corrected chi connectivity index (χ1v) is 4.84. The zero-order chi connectivity index (χ0) is 11.5. The lowest BCUT2D eigenvalue weighted by atomic mass is 9.86. The van der Waals surface area contributed by atoms with Crippen molar-refractivity contribution in [3.05, 3.63) is 41.7 Å². The van der Waals surface area contributed by atoms with Crippen molar-refractivity contribution >= 4 is 5.57 Å². The fraction of sp³-hybridized carbons (Fsp3) is 0.308. The molecule has 0 aliphatic carbocycles. The molecule has 0 heterocycles. The number of benzene rings is 1. The summed E-state index contributed by atoms with van der Waals surface area (Å²) in [5.74, 6) is 0. The SMILES string of the molecule is CC(C)(C)c1ccc(/C(C#N)=C/O)cc1. The minimum absolute atomic E-state index is 0.105. The molecule has 0 saturated carbocycles. The van der Waals surface area contributed by atoms with Crippen LogP contribution in [0.2, 0.25) is 0 Å². The highest BCUT2D eigenvalue weighted by atomic mass is 16.2. The van der Waals surface area contributed by atoms with E-state index in [4.69, 9.17) is 10.4 Å². The normalized spacial score (nSPS) is 12.3. The van der Waals surface area contributed by atoms with Crippen LogP contribution in [0.3, 0.4) is 0 Å². The Balaban J connectivity index is 3.07. The van der Waals surface area contributed by atoms with E-state index in [1.165, 1.54) is 5.56 Å². The first-order valence-electron chi connectivity index (χ1n) is 4.84. The molecule has 0 bridgehead atoms. The summed E-state index contributed by atoms with van der Waals surface area (Å²) in [6, 6.07) is 9.61. The Morgan fingerprint density at radius 1 is 1.27 bits per heavy atom. The molecule has 0 amide bonds. The van der Waals surface area contributed by atoms with Crippen molar-refractivity contribution in [1.82, 2.24) is 0 Å². The van der Waals surface area contributed by atoms with Crippen molar-refractivity contribution in [1.29, 1.82) is 5.26 Å². The van der Waals surface area contributed by atoms with Crippen LogP contribution in [-0.2, 0) is 5.41 Å². The predicted molar refractivity (Wildman–Crippen MR) is 61.4 cm³/mol. The van der Waals surface area contributed by atoms with Crippen LogP contribution in [0.4, 0.5) is 0 Å². The summed E-state index contributed by atoms with van der Waals surface area (Å²) in [6.07, 6.45) is 0.839. The van der Waals surface area contributed by atoms with E-state index in [-0.39, 0.29) is 11.0 Å². The fourth-order valence-electron chi connectivity index (χ4n) is 1.32. The van der Waals surface area contributed by atoms with Gasteiger partial charge in [0.25, 0.3) is 0 Å². The van der Waals surface area contributed by atoms with Gasteiger partial charge in [0.1, 0.15) is 6.07 Å². The molecule has 2 heteroatoms. The highest BCUT2D eigenvalue weighted by Crippen LogP contribution is 2.23. The second-order valence-corrected chi connectivity index (χ2v) is 4.48. The summed E-state index contributed by atoms with van der Waals surface area (Å²) in [5, 5.41) is 17.6. The van der Waals surface area contributed by atoms with Crippen molar-refractivity contribution in [2.24, 2.45) is 0 Å². The molecular formula is C13H15NO. The van der Waals surface area contributed by atoms with Gasteiger partial charge in [0.05, 0.1) is 11.8 Å². The van der Waals surface area contributed by atoms with Crippen LogP contribution in [-0.4, -0.2) is 5.11 Å². The Morgan fingerprint density at radius 3 is 2.13 bits per heavy atom. The zero-order valence-corrected chi connectivity index (χ0v) is 9.28. The minimum atomic E-state index is 0.105. The van der Waals surface area contributed by atoms with E-state index in [1.807, 2.05) is 30.3 Å². The Bertz CT molecular complexity index is 402. The predicted octanol–water partition coefficient (Wildman–Crippen LogP) is 3.41. The quantitative estimate of drug-likeness (QED) is 0.559. The number of allylic oxidation sites excluding steroid dienone is 1. The van der Waals surface area contributed by atoms with Gasteiger partial charge < -0.3 is 5.11 Å². The summed E-state index contributed by atoms with van der Waals surface area (Å²) in [6.45, 7) is 6.40. The van der Waals surface area contributed by atoms with Gasteiger partial charge >= 0.3 is 0 Å². The van der Waals surface area contributed by atoms with E-state index in [2.05, 4.69) is 20.8 Å². The monoisotopic (exact) mass is 201 g/mol. The number of rotatable bonds is 1. The molecular weight excluding hydrogens is 186 g/mol. The van der Waals surface area contributed by atoms with Crippen molar-refractivity contribution in [2.75, 3.05) is 0 Å². The summed E-state index contributed by atoms with van der Waals surface area (Å²) in [4.78, 5) is 0. The molecule has 78 valence electrons. The van der Waals surface area contributed by atoms with Crippen LogP contribution in [0.5, 0.6) is 0 Å². The Hall–Kier alpha value is -1.75. The van der Waals surface area contributed by atoms with E-state index in [0.29, 0.717) is 0 Å². The summed E-state index contributed by atoms with van der Waals surface area (Å²) in [5.41, 5.74) is 2.35. The molecule has 15 heavy (non-hydrogen) atoms. The lowest BCUT2D eigenvalue weighted by molar-refractivity contribution is 0.476. The third-order valence-corrected chi connectivity index (χ3v) is 2.31. The Labute approximate surface area is 90.5 Å². The first-order chi connectivity index (χ1) is 6.99. The molecule has 0 aliphatic heterocycles. The van der Waals surface area contributed by atoms with Crippen LogP contribution in [0, 0.1) is 11.3 Å². The maximum atomic E-state index is 8.82. The molecule has 2 nitrogen and oxygen atoms in total. The topological polar surface area (TPSA) is 44.0 Å². The number of aliphatic hydroxyl groups excluding tert-OH is 1. The van der Waals surface area contributed by atoms with Crippen molar-refractivity contribution in [3.8, 4) is 6.07 Å². The third-order valence-electron chi connectivity index (χ3n) is 2.31. The molecule has 0 saturated heterocycles. The molecule has 0 radical (unpaired) electrons. The molecule has 0 aliphatic rings. The summed E-state index contributed by atoms with van der Waals surface area (Å²) < 4.78 is 0. The number of nitrogens with zero attached hydrogens (tertiary/aromatic N) is 1. The van der Waals surface area contributed by atoms with Gasteiger partial charge in [0.2, 0.25) is 0 Å². The van der Waals surface area contributed by atoms with E-state index < -0.39 is 0 Å². The maximum absolute atomic E-state index is 8.82. The van der Waals surface area contributed by atoms with Gasteiger partial charge in [-0.25, -0.2) is 0 Å². The van der Waals surface area contributed by atoms with Gasteiger partial charge in [0.15, 0.2) is 0 Å². The van der Waals surface area contributed by atoms with Crippen molar-refractivity contribution in [2.45, 2.75) is 26.2 Å². The number of hydrogen-bond acceptors (Lipinski definition) is 2. The summed E-state index contributed by atoms with van der Waals surface area (Å²) >= 11 is 0. The van der Waals surface area contributed by atoms with E-state index in [1.54, 1.807) is 0 Å². The van der Waals surface area contributed by atoms with Crippen LogP contribution in [0.1, 0.15) is 31.9 Å². The largest absolute Gasteiger partial charge is 0.514 e. The molecule has 0 fully saturated rings. The highest BCUT2D eigenvalue weighted by Gasteiger charge is 2.13. The number of nitriles is 1. The van der Waals surface area contributed by atoms with Crippen LogP contribution in [0.15, 0.2) is 30.5 Å². The average molecular weight is 201 g/mol. The zero-order valence-electron chi connectivity index (χ0n) is 9.28. The van der Waals surface area contributed by atoms with Gasteiger partial charge in [-0.3, -0.25) is 0 Å². The third kappa shape index (κ3) is 2.60. The standard InChI is InChI=1S/C13H15NO/c1-13(2,3)12-6-4-10(5-7-12)11(8-14)9-15/h4-7,9,15H,1-3H3/b11-9+. The molecule has 0 atom stereocenters. The van der Waals surface area contributed by atoms with Gasteiger partial charge in [-0.1, -0.05) is 45.0 Å². The lowest BCUT2D eigenvalue weighted by Gasteiger charge is -2.18. The van der Waals surface area contributed by atoms with Gasteiger partial charge in [0, 0.05) is 0 Å². The molecule has 0 aromatic heterocycles. The van der Waals surface area contributed by atoms with Crippen molar-refractivity contribution < 1.29 is 5.11 Å². The van der Waals surface area contributed by atoms with Gasteiger partial charge in [-0.2, -0.15) is 5.26 Å². The Morgan fingerprint density at radius 2 is 1.80 bits per heavy atom. The molecule has 0 unspecified atom stereocenters. The number of aliphatic hydroxyl groups is 1. The van der Waals surface area contributed by atoms with Crippen LogP contribution in [0.25, 0.3) is 5.57 Å². The molecule has 0 spiro atoms. The molecule has 1 aromatic carbocycles. The molecule has 1 aromatic rings. The molecule has 1 rings (SSSR count). The van der Waals surface area contributed by atoms with E-state index in [0.717, 1.165) is 11.8 Å². The minimum Gasteiger partial charge on any atom is -0.514 e. The molecule has 1 N–H and O–H groups in total. The van der Waals surface area contributed by atoms with Gasteiger partial charge in [-0.15, -0.1) is 0 Å². The summed E-state index contributed by atoms with van der Waals surface area (Å²) in [7, 11) is 0. The van der Waals surface area contributed by atoms with Gasteiger partial charge in [-0.05, 0) is 16.5 Å². The fourth-order valence-corrected chi connectivity index (χ4v) is 1.32. The van der Waals surface area contributed by atoms with Crippen LogP contribution >= 0.6 is 0 Å². The highest BCUT2D eigenvalue weighted by molar-refractivity contribution is 5.75. The van der Waals surface area contributed by atoms with E-state index >= 15 is 0 Å². The van der Waals surface area contributed by atoms with E-state index in [9.17, 15) is 0 Å². The average Bonchev–Trinajstić information content (AvgIpc) is 2.19. The van der Waals surface area contributed by atoms with Crippen LogP contribution < -0.4 is 0 Å². The second-order valence-electron chi connectivity index (χ2n) is 4.48. The lowest BCUT2D eigenvalue weighted by Crippen LogP contribution is -2.10. The smallest absolute Gasteiger partial charge is 0.103 e. The first kappa shape index (κ1) is 11.3. The number of hydrogen-bond donors (Lipinski definition) is 1. The second kappa shape index (κ2) is 4.18. The Kier molecular flexibility index (Phi) is 3.16. The maximum Gasteiger partial charge on any atom is 0.103 e.